The Morgan fingerprint density at radius 3 is 2.43 bits per heavy atom. The summed E-state index contributed by atoms with van der Waals surface area (Å²) in [5.41, 5.74) is -1.54. The Hall–Kier alpha value is -1.94. The van der Waals surface area contributed by atoms with Crippen LogP contribution < -0.4 is 5.32 Å². The van der Waals surface area contributed by atoms with E-state index in [1.807, 2.05) is 0 Å². The summed E-state index contributed by atoms with van der Waals surface area (Å²) in [6, 6.07) is 3.35. The molecule has 126 valence electrons. The van der Waals surface area contributed by atoms with Gasteiger partial charge in [0.05, 0.1) is 16.1 Å². The van der Waals surface area contributed by atoms with Gasteiger partial charge in [-0.05, 0) is 44.9 Å². The number of rotatable bonds is 3. The highest BCUT2D eigenvalue weighted by Gasteiger charge is 2.32. The Labute approximate surface area is 137 Å². The first-order valence-electron chi connectivity index (χ1n) is 6.70. The summed E-state index contributed by atoms with van der Waals surface area (Å²) < 4.78 is 43.4. The van der Waals surface area contributed by atoms with Gasteiger partial charge >= 0.3 is 12.3 Å². The van der Waals surface area contributed by atoms with Crippen LogP contribution in [0.4, 0.5) is 18.0 Å². The Morgan fingerprint density at radius 1 is 1.35 bits per heavy atom. The van der Waals surface area contributed by atoms with Crippen molar-refractivity contribution >= 4 is 17.7 Å². The van der Waals surface area contributed by atoms with Gasteiger partial charge in [0, 0.05) is 6.54 Å². The number of ether oxygens (including phenoxy) is 1. The maximum absolute atomic E-state index is 12.8. The smallest absolute Gasteiger partial charge is 0.416 e. The van der Waals surface area contributed by atoms with Gasteiger partial charge in [0.2, 0.25) is 0 Å². The minimum atomic E-state index is -4.56. The zero-order chi connectivity index (χ0) is 17.8. The van der Waals surface area contributed by atoms with E-state index in [4.69, 9.17) is 21.6 Å². The predicted molar refractivity (Wildman–Crippen MR) is 79.1 cm³/mol. The van der Waals surface area contributed by atoms with E-state index >= 15 is 0 Å². The topological polar surface area (TPSA) is 62.1 Å². The second kappa shape index (κ2) is 7.09. The lowest BCUT2D eigenvalue weighted by molar-refractivity contribution is -0.137. The second-order valence-corrected chi connectivity index (χ2v) is 6.19. The molecule has 0 unspecified atom stereocenters. The lowest BCUT2D eigenvalue weighted by Crippen LogP contribution is -2.33. The van der Waals surface area contributed by atoms with Crippen molar-refractivity contribution in [2.24, 2.45) is 0 Å². The van der Waals surface area contributed by atoms with Crippen molar-refractivity contribution < 1.29 is 22.7 Å². The van der Waals surface area contributed by atoms with Crippen LogP contribution >= 0.6 is 11.6 Å². The minimum Gasteiger partial charge on any atom is -0.444 e. The monoisotopic (exact) mass is 348 g/mol. The summed E-state index contributed by atoms with van der Waals surface area (Å²) in [7, 11) is 0. The number of nitrogens with one attached hydrogen (secondary N) is 1. The number of halogens is 4. The Morgan fingerprint density at radius 2 is 1.96 bits per heavy atom. The second-order valence-electron chi connectivity index (χ2n) is 5.78. The Balaban J connectivity index is 2.86. The van der Waals surface area contributed by atoms with Gasteiger partial charge in [0.15, 0.2) is 0 Å². The largest absolute Gasteiger partial charge is 0.444 e. The number of nitriles is 1. The number of benzene rings is 1. The van der Waals surface area contributed by atoms with Crippen molar-refractivity contribution in [3.05, 3.63) is 33.8 Å². The van der Waals surface area contributed by atoms with Crippen LogP contribution in [0, 0.1) is 11.3 Å². The molecule has 0 radical (unpaired) electrons. The standard InChI is InChI=1S/C15H16ClF3N2O2/c1-14(2,3)23-13(22)21-5-4-9-6-10(15(17,18)19)7-12(16)11(9)8-20/h6-7H,4-5H2,1-3H3,(H,21,22). The average molecular weight is 349 g/mol. The van der Waals surface area contributed by atoms with E-state index in [0.717, 1.165) is 6.07 Å². The molecular formula is C15H16ClF3N2O2. The third-order valence-corrected chi connectivity index (χ3v) is 2.97. The molecule has 8 heteroatoms. The first kappa shape index (κ1) is 19.1. The van der Waals surface area contributed by atoms with Gasteiger partial charge < -0.3 is 10.1 Å². The van der Waals surface area contributed by atoms with Crippen molar-refractivity contribution in [3.8, 4) is 6.07 Å². The predicted octanol–water partition coefficient (Wildman–Crippen LogP) is 4.30. The molecule has 1 aromatic rings. The Kier molecular flexibility index (Phi) is 5.89. The van der Waals surface area contributed by atoms with Crippen LogP contribution in [0.15, 0.2) is 12.1 Å². The first-order chi connectivity index (χ1) is 10.4. The third-order valence-electron chi connectivity index (χ3n) is 2.67. The van der Waals surface area contributed by atoms with Crippen LogP contribution in [0.1, 0.15) is 37.5 Å². The van der Waals surface area contributed by atoms with Crippen LogP contribution in [0.5, 0.6) is 0 Å². The zero-order valence-corrected chi connectivity index (χ0v) is 13.6. The number of alkyl halides is 3. The first-order valence-corrected chi connectivity index (χ1v) is 7.08. The fraction of sp³-hybridized carbons (Fsp3) is 0.467. The molecule has 0 fully saturated rings. The molecule has 1 aromatic carbocycles. The number of alkyl carbamates (subject to hydrolysis) is 1. The molecule has 4 nitrogen and oxygen atoms in total. The molecule has 0 bridgehead atoms. The molecule has 0 heterocycles. The van der Waals surface area contributed by atoms with Crippen molar-refractivity contribution in [1.82, 2.24) is 5.32 Å². The lowest BCUT2D eigenvalue weighted by Gasteiger charge is -2.19. The van der Waals surface area contributed by atoms with Crippen molar-refractivity contribution in [2.45, 2.75) is 39.0 Å². The highest BCUT2D eigenvalue weighted by molar-refractivity contribution is 6.31. The molecular weight excluding hydrogens is 333 g/mol. The SMILES string of the molecule is CC(C)(C)OC(=O)NCCc1cc(C(F)(F)F)cc(Cl)c1C#N. The number of carbonyl (C=O) groups excluding carboxylic acids is 1. The Bertz CT molecular complexity index is 631. The van der Waals surface area contributed by atoms with E-state index in [1.165, 1.54) is 0 Å². The molecule has 0 atom stereocenters. The third kappa shape index (κ3) is 5.99. The van der Waals surface area contributed by atoms with Crippen LogP contribution in [0.25, 0.3) is 0 Å². The summed E-state index contributed by atoms with van der Waals surface area (Å²) in [4.78, 5) is 11.5. The molecule has 0 aliphatic heterocycles. The van der Waals surface area contributed by atoms with Gasteiger partial charge in [0.1, 0.15) is 11.7 Å². The van der Waals surface area contributed by atoms with E-state index < -0.39 is 23.4 Å². The van der Waals surface area contributed by atoms with Gasteiger partial charge in [-0.25, -0.2) is 4.79 Å². The van der Waals surface area contributed by atoms with Crippen molar-refractivity contribution in [2.75, 3.05) is 6.54 Å². The van der Waals surface area contributed by atoms with Crippen LogP contribution in [0.2, 0.25) is 5.02 Å². The fourth-order valence-electron chi connectivity index (χ4n) is 1.76. The summed E-state index contributed by atoms with van der Waals surface area (Å²) in [5.74, 6) is 0. The molecule has 0 saturated heterocycles. The molecule has 0 spiro atoms. The van der Waals surface area contributed by atoms with E-state index in [-0.39, 0.29) is 29.1 Å². The molecule has 1 amide bonds. The molecule has 0 saturated carbocycles. The van der Waals surface area contributed by atoms with Gasteiger partial charge in [-0.1, -0.05) is 11.6 Å². The van der Waals surface area contributed by atoms with Gasteiger partial charge in [0.25, 0.3) is 0 Å². The lowest BCUT2D eigenvalue weighted by atomic mass is 10.0. The normalized spacial score (nSPS) is 11.7. The maximum Gasteiger partial charge on any atom is 0.416 e. The number of nitrogens with zero attached hydrogens (tertiary/aromatic N) is 1. The number of hydrogen-bond donors (Lipinski definition) is 1. The summed E-state index contributed by atoms with van der Waals surface area (Å²) >= 11 is 5.73. The average Bonchev–Trinajstić information content (AvgIpc) is 2.35. The molecule has 0 aliphatic carbocycles. The summed E-state index contributed by atoms with van der Waals surface area (Å²) in [6.07, 6.45) is -5.23. The fourth-order valence-corrected chi connectivity index (χ4v) is 2.04. The highest BCUT2D eigenvalue weighted by Crippen LogP contribution is 2.33. The molecule has 1 rings (SSSR count). The zero-order valence-electron chi connectivity index (χ0n) is 12.8. The van der Waals surface area contributed by atoms with Crippen LogP contribution in [-0.2, 0) is 17.3 Å². The van der Waals surface area contributed by atoms with Crippen LogP contribution in [-0.4, -0.2) is 18.2 Å². The number of carbonyl (C=O) groups is 1. The molecule has 1 N–H and O–H groups in total. The minimum absolute atomic E-state index is 0.0151. The van der Waals surface area contributed by atoms with Gasteiger partial charge in [-0.3, -0.25) is 0 Å². The van der Waals surface area contributed by atoms with E-state index in [9.17, 15) is 18.0 Å². The summed E-state index contributed by atoms with van der Waals surface area (Å²) in [6.45, 7) is 5.08. The summed E-state index contributed by atoms with van der Waals surface area (Å²) in [5, 5.41) is 11.2. The quantitative estimate of drug-likeness (QED) is 0.886. The van der Waals surface area contributed by atoms with E-state index in [0.29, 0.717) is 6.07 Å². The van der Waals surface area contributed by atoms with Gasteiger partial charge in [-0.15, -0.1) is 0 Å². The highest BCUT2D eigenvalue weighted by atomic mass is 35.5. The van der Waals surface area contributed by atoms with Gasteiger partial charge in [-0.2, -0.15) is 18.4 Å². The number of hydrogen-bond acceptors (Lipinski definition) is 3. The van der Waals surface area contributed by atoms with E-state index in [2.05, 4.69) is 5.32 Å². The van der Waals surface area contributed by atoms with E-state index in [1.54, 1.807) is 26.8 Å². The van der Waals surface area contributed by atoms with Crippen molar-refractivity contribution in [1.29, 1.82) is 5.26 Å². The molecule has 0 aliphatic rings. The molecule has 0 aromatic heterocycles. The number of amides is 1. The molecule has 23 heavy (non-hydrogen) atoms. The van der Waals surface area contributed by atoms with Crippen molar-refractivity contribution in [3.63, 3.8) is 0 Å². The maximum atomic E-state index is 12.8. The van der Waals surface area contributed by atoms with Crippen LogP contribution in [0.3, 0.4) is 0 Å².